The Kier molecular flexibility index (Phi) is 4.34. The van der Waals surface area contributed by atoms with Gasteiger partial charge in [-0.2, -0.15) is 0 Å². The standard InChI is InChI=1S/C12H12N6O3/c1-2-13-10-9(6-8(7-16-10)18(20)21)11(19)17-12-14-4-3-5-15-12/h3-7H,2H2,1H3,(H,13,16)(H,14,15,17,19). The lowest BCUT2D eigenvalue weighted by atomic mass is 10.2. The number of carbonyl (C=O) groups is 1. The van der Waals surface area contributed by atoms with Crippen molar-refractivity contribution in [2.75, 3.05) is 17.2 Å². The van der Waals surface area contributed by atoms with Gasteiger partial charge in [-0.25, -0.2) is 15.0 Å². The van der Waals surface area contributed by atoms with Gasteiger partial charge in [0.15, 0.2) is 0 Å². The molecule has 9 heteroatoms. The van der Waals surface area contributed by atoms with Crippen LogP contribution in [0.1, 0.15) is 17.3 Å². The van der Waals surface area contributed by atoms with E-state index >= 15 is 0 Å². The van der Waals surface area contributed by atoms with E-state index in [4.69, 9.17) is 0 Å². The van der Waals surface area contributed by atoms with E-state index in [-0.39, 0.29) is 23.0 Å². The highest BCUT2D eigenvalue weighted by Crippen LogP contribution is 2.19. The predicted molar refractivity (Wildman–Crippen MR) is 75.0 cm³/mol. The molecule has 0 aliphatic rings. The first-order valence-corrected chi connectivity index (χ1v) is 6.08. The van der Waals surface area contributed by atoms with E-state index in [9.17, 15) is 14.9 Å². The fraction of sp³-hybridized carbons (Fsp3) is 0.167. The van der Waals surface area contributed by atoms with Crippen LogP contribution in [0, 0.1) is 10.1 Å². The van der Waals surface area contributed by atoms with Crippen LogP contribution in [0.15, 0.2) is 30.7 Å². The van der Waals surface area contributed by atoms with Crippen LogP contribution in [0.3, 0.4) is 0 Å². The van der Waals surface area contributed by atoms with Gasteiger partial charge in [0.1, 0.15) is 12.0 Å². The molecule has 2 rings (SSSR count). The van der Waals surface area contributed by atoms with E-state index in [1.807, 2.05) is 6.92 Å². The molecule has 2 N–H and O–H groups in total. The third kappa shape index (κ3) is 3.47. The predicted octanol–water partition coefficient (Wildman–Crippen LogP) is 1.46. The molecule has 0 atom stereocenters. The Morgan fingerprint density at radius 1 is 1.33 bits per heavy atom. The van der Waals surface area contributed by atoms with E-state index < -0.39 is 10.8 Å². The Balaban J connectivity index is 2.33. The fourth-order valence-corrected chi connectivity index (χ4v) is 1.57. The van der Waals surface area contributed by atoms with E-state index in [0.717, 1.165) is 12.3 Å². The fourth-order valence-electron chi connectivity index (χ4n) is 1.57. The molecule has 2 aromatic rings. The van der Waals surface area contributed by atoms with Gasteiger partial charge in [-0.1, -0.05) is 0 Å². The van der Waals surface area contributed by atoms with Crippen molar-refractivity contribution in [2.45, 2.75) is 6.92 Å². The number of amides is 1. The normalized spacial score (nSPS) is 9.95. The minimum atomic E-state index is -0.613. The topological polar surface area (TPSA) is 123 Å². The third-order valence-electron chi connectivity index (χ3n) is 2.46. The molecular formula is C12H12N6O3. The van der Waals surface area contributed by atoms with Crippen molar-refractivity contribution < 1.29 is 9.72 Å². The van der Waals surface area contributed by atoms with Crippen molar-refractivity contribution >= 4 is 23.4 Å². The van der Waals surface area contributed by atoms with E-state index in [2.05, 4.69) is 25.6 Å². The molecule has 0 radical (unpaired) electrons. The van der Waals surface area contributed by atoms with Crippen LogP contribution in [0.4, 0.5) is 17.5 Å². The van der Waals surface area contributed by atoms with E-state index in [1.54, 1.807) is 6.07 Å². The van der Waals surface area contributed by atoms with Crippen LogP contribution in [0.5, 0.6) is 0 Å². The summed E-state index contributed by atoms with van der Waals surface area (Å²) in [6.07, 6.45) is 4.03. The molecule has 0 aliphatic carbocycles. The van der Waals surface area contributed by atoms with Gasteiger partial charge in [-0.15, -0.1) is 0 Å². The van der Waals surface area contributed by atoms with Gasteiger partial charge < -0.3 is 5.32 Å². The molecule has 0 spiro atoms. The van der Waals surface area contributed by atoms with Gasteiger partial charge >= 0.3 is 0 Å². The van der Waals surface area contributed by atoms with Crippen LogP contribution in [0.25, 0.3) is 0 Å². The smallest absolute Gasteiger partial charge is 0.288 e. The summed E-state index contributed by atoms with van der Waals surface area (Å²) in [5.41, 5.74) is -0.214. The largest absolute Gasteiger partial charge is 0.370 e. The van der Waals surface area contributed by atoms with Crippen molar-refractivity contribution in [3.63, 3.8) is 0 Å². The Hall–Kier alpha value is -3.10. The van der Waals surface area contributed by atoms with Crippen molar-refractivity contribution in [1.82, 2.24) is 15.0 Å². The van der Waals surface area contributed by atoms with Gasteiger partial charge in [-0.3, -0.25) is 20.2 Å². The van der Waals surface area contributed by atoms with Crippen LogP contribution in [-0.2, 0) is 0 Å². The minimum absolute atomic E-state index is 0.0542. The average molecular weight is 288 g/mol. The summed E-state index contributed by atoms with van der Waals surface area (Å²) in [7, 11) is 0. The van der Waals surface area contributed by atoms with Crippen LogP contribution in [-0.4, -0.2) is 32.3 Å². The number of nitrogens with zero attached hydrogens (tertiary/aromatic N) is 4. The summed E-state index contributed by atoms with van der Waals surface area (Å²) >= 11 is 0. The quantitative estimate of drug-likeness (QED) is 0.630. The maximum absolute atomic E-state index is 12.2. The summed E-state index contributed by atoms with van der Waals surface area (Å²) in [6, 6.07) is 2.76. The first kappa shape index (κ1) is 14.3. The Morgan fingerprint density at radius 3 is 2.67 bits per heavy atom. The highest BCUT2D eigenvalue weighted by Gasteiger charge is 2.18. The molecular weight excluding hydrogens is 276 g/mol. The first-order valence-electron chi connectivity index (χ1n) is 6.08. The molecule has 0 unspecified atom stereocenters. The number of hydrogen-bond donors (Lipinski definition) is 2. The number of pyridine rings is 1. The second kappa shape index (κ2) is 6.37. The minimum Gasteiger partial charge on any atom is -0.370 e. The zero-order valence-electron chi connectivity index (χ0n) is 11.1. The number of carbonyl (C=O) groups excluding carboxylic acids is 1. The lowest BCUT2D eigenvalue weighted by Crippen LogP contribution is -2.17. The van der Waals surface area contributed by atoms with Crippen LogP contribution >= 0.6 is 0 Å². The maximum Gasteiger partial charge on any atom is 0.288 e. The van der Waals surface area contributed by atoms with Crippen molar-refractivity contribution in [2.24, 2.45) is 0 Å². The number of nitro groups is 1. The van der Waals surface area contributed by atoms with E-state index in [0.29, 0.717) is 6.54 Å². The molecule has 0 saturated heterocycles. The zero-order chi connectivity index (χ0) is 15.2. The lowest BCUT2D eigenvalue weighted by molar-refractivity contribution is -0.385. The number of nitrogens with one attached hydrogen (secondary N) is 2. The highest BCUT2D eigenvalue weighted by molar-refractivity contribution is 6.07. The van der Waals surface area contributed by atoms with Gasteiger partial charge in [0.05, 0.1) is 10.5 Å². The Bertz CT molecular complexity index is 661. The number of anilines is 2. The summed E-state index contributed by atoms with van der Waals surface area (Å²) in [6.45, 7) is 2.35. The SMILES string of the molecule is CCNc1ncc([N+](=O)[O-])cc1C(=O)Nc1ncccn1. The maximum atomic E-state index is 12.2. The molecule has 2 heterocycles. The summed E-state index contributed by atoms with van der Waals surface area (Å²) < 4.78 is 0. The first-order chi connectivity index (χ1) is 10.1. The number of hydrogen-bond acceptors (Lipinski definition) is 7. The summed E-state index contributed by atoms with van der Waals surface area (Å²) in [5.74, 6) is -0.207. The molecule has 0 bridgehead atoms. The van der Waals surface area contributed by atoms with Crippen molar-refractivity contribution in [1.29, 1.82) is 0 Å². The zero-order valence-corrected chi connectivity index (χ0v) is 11.1. The van der Waals surface area contributed by atoms with Crippen molar-refractivity contribution in [3.8, 4) is 0 Å². The molecule has 0 aromatic carbocycles. The summed E-state index contributed by atoms with van der Waals surface area (Å²) in [4.78, 5) is 34.0. The molecule has 21 heavy (non-hydrogen) atoms. The van der Waals surface area contributed by atoms with Gasteiger partial charge in [0.25, 0.3) is 11.6 Å². The Labute approximate surface area is 119 Å². The van der Waals surface area contributed by atoms with Crippen LogP contribution < -0.4 is 10.6 Å². The average Bonchev–Trinajstić information content (AvgIpc) is 2.48. The highest BCUT2D eigenvalue weighted by atomic mass is 16.6. The second-order valence-corrected chi connectivity index (χ2v) is 3.90. The lowest BCUT2D eigenvalue weighted by Gasteiger charge is -2.09. The van der Waals surface area contributed by atoms with Gasteiger partial charge in [-0.05, 0) is 13.0 Å². The second-order valence-electron chi connectivity index (χ2n) is 3.90. The molecule has 0 fully saturated rings. The van der Waals surface area contributed by atoms with Crippen LogP contribution in [0.2, 0.25) is 0 Å². The van der Waals surface area contributed by atoms with E-state index in [1.165, 1.54) is 12.4 Å². The monoisotopic (exact) mass is 288 g/mol. The molecule has 9 nitrogen and oxygen atoms in total. The molecule has 2 aromatic heterocycles. The number of rotatable bonds is 5. The summed E-state index contributed by atoms with van der Waals surface area (Å²) in [5, 5.41) is 16.1. The molecule has 0 saturated carbocycles. The molecule has 1 amide bonds. The Morgan fingerprint density at radius 2 is 2.05 bits per heavy atom. The van der Waals surface area contributed by atoms with Gasteiger partial charge in [0, 0.05) is 25.0 Å². The molecule has 108 valence electrons. The van der Waals surface area contributed by atoms with Crippen molar-refractivity contribution in [3.05, 3.63) is 46.4 Å². The number of aromatic nitrogens is 3. The van der Waals surface area contributed by atoms with Gasteiger partial charge in [0.2, 0.25) is 5.95 Å². The third-order valence-corrected chi connectivity index (χ3v) is 2.46. The molecule has 0 aliphatic heterocycles.